The molecule has 0 saturated carbocycles. The number of carbonyl (C=O) groups is 2. The number of benzene rings is 1. The summed E-state index contributed by atoms with van der Waals surface area (Å²) in [6, 6.07) is 5.74. The number of methoxy groups -OCH3 is 1. The quantitative estimate of drug-likeness (QED) is 0.678. The average Bonchev–Trinajstić information content (AvgIpc) is 2.62. The molecule has 25 heavy (non-hydrogen) atoms. The van der Waals surface area contributed by atoms with Gasteiger partial charge in [0.15, 0.2) is 0 Å². The minimum absolute atomic E-state index is 0.0158. The molecule has 138 valence electrons. The highest BCUT2D eigenvalue weighted by molar-refractivity contribution is 7.89. The fourth-order valence-corrected chi connectivity index (χ4v) is 4.25. The summed E-state index contributed by atoms with van der Waals surface area (Å²) in [4.78, 5) is 23.2. The Morgan fingerprint density at radius 1 is 1.40 bits per heavy atom. The number of carboxylic acids is 1. The van der Waals surface area contributed by atoms with E-state index in [0.29, 0.717) is 26.0 Å². The van der Waals surface area contributed by atoms with Gasteiger partial charge in [0.05, 0.1) is 17.4 Å². The van der Waals surface area contributed by atoms with Crippen molar-refractivity contribution >= 4 is 21.9 Å². The zero-order chi connectivity index (χ0) is 18.4. The number of hydrogen-bond acceptors (Lipinski definition) is 5. The number of carboxylic acid groups (broad SMARTS) is 1. The number of piperidine rings is 1. The first-order valence-electron chi connectivity index (χ1n) is 7.96. The number of ether oxygens (including phenoxy) is 1. The molecule has 1 atom stereocenters. The van der Waals surface area contributed by atoms with Gasteiger partial charge < -0.3 is 15.2 Å². The molecule has 0 radical (unpaired) electrons. The molecule has 9 heteroatoms. The minimum Gasteiger partial charge on any atom is -0.481 e. The first-order valence-corrected chi connectivity index (χ1v) is 9.40. The number of rotatable bonds is 7. The lowest BCUT2D eigenvalue weighted by Gasteiger charge is -2.29. The fraction of sp³-hybridized carbons (Fsp3) is 0.500. The summed E-state index contributed by atoms with van der Waals surface area (Å²) < 4.78 is 31.6. The van der Waals surface area contributed by atoms with E-state index in [1.165, 1.54) is 35.7 Å². The molecule has 1 amide bonds. The van der Waals surface area contributed by atoms with Gasteiger partial charge in [-0.2, -0.15) is 4.31 Å². The third-order valence-electron chi connectivity index (χ3n) is 4.06. The maximum atomic E-state index is 12.8. The molecular formula is C16H22N2O6S. The van der Waals surface area contributed by atoms with Gasteiger partial charge in [-0.25, -0.2) is 8.42 Å². The zero-order valence-corrected chi connectivity index (χ0v) is 14.8. The Morgan fingerprint density at radius 2 is 2.16 bits per heavy atom. The van der Waals surface area contributed by atoms with Crippen LogP contribution < -0.4 is 5.32 Å². The van der Waals surface area contributed by atoms with E-state index >= 15 is 0 Å². The highest BCUT2D eigenvalue weighted by Crippen LogP contribution is 2.24. The highest BCUT2D eigenvalue weighted by Gasteiger charge is 2.33. The monoisotopic (exact) mass is 370 g/mol. The van der Waals surface area contributed by atoms with E-state index in [-0.39, 0.29) is 23.5 Å². The van der Waals surface area contributed by atoms with Crippen LogP contribution in [0.25, 0.3) is 0 Å². The summed E-state index contributed by atoms with van der Waals surface area (Å²) in [5, 5.41) is 11.8. The molecule has 0 aliphatic carbocycles. The highest BCUT2D eigenvalue weighted by atomic mass is 32.2. The predicted molar refractivity (Wildman–Crippen MR) is 89.8 cm³/mol. The van der Waals surface area contributed by atoms with Crippen LogP contribution in [0.4, 0.5) is 0 Å². The number of carbonyl (C=O) groups excluding carboxylic acids is 1. The predicted octanol–water partition coefficient (Wildman–Crippen LogP) is 0.548. The van der Waals surface area contributed by atoms with Crippen LogP contribution in [0.5, 0.6) is 0 Å². The van der Waals surface area contributed by atoms with Gasteiger partial charge in [0.25, 0.3) is 5.91 Å². The molecule has 1 heterocycles. The molecule has 0 spiro atoms. The molecule has 1 aliphatic heterocycles. The topological polar surface area (TPSA) is 113 Å². The molecule has 1 aromatic carbocycles. The summed E-state index contributed by atoms with van der Waals surface area (Å²) in [6.07, 6.45) is 0.955. The Hall–Kier alpha value is -1.97. The van der Waals surface area contributed by atoms with Gasteiger partial charge in [0, 0.05) is 32.3 Å². The second kappa shape index (κ2) is 8.41. The molecule has 0 aromatic heterocycles. The maximum absolute atomic E-state index is 12.8. The van der Waals surface area contributed by atoms with Crippen molar-refractivity contribution in [2.24, 2.45) is 5.92 Å². The van der Waals surface area contributed by atoms with Crippen LogP contribution in [0, 0.1) is 5.92 Å². The van der Waals surface area contributed by atoms with E-state index in [1.807, 2.05) is 0 Å². The van der Waals surface area contributed by atoms with Gasteiger partial charge >= 0.3 is 5.97 Å². The molecule has 1 saturated heterocycles. The van der Waals surface area contributed by atoms with Crippen LogP contribution in [0.3, 0.4) is 0 Å². The van der Waals surface area contributed by atoms with Gasteiger partial charge in [-0.05, 0) is 31.0 Å². The van der Waals surface area contributed by atoms with Crippen LogP contribution in [-0.4, -0.2) is 63.1 Å². The first kappa shape index (κ1) is 19.4. The smallest absolute Gasteiger partial charge is 0.307 e. The third-order valence-corrected chi connectivity index (χ3v) is 5.92. The van der Waals surface area contributed by atoms with Crippen molar-refractivity contribution in [2.45, 2.75) is 17.7 Å². The van der Waals surface area contributed by atoms with Crippen molar-refractivity contribution in [1.29, 1.82) is 0 Å². The molecule has 1 aliphatic rings. The van der Waals surface area contributed by atoms with E-state index in [0.717, 1.165) is 0 Å². The van der Waals surface area contributed by atoms with Crippen molar-refractivity contribution < 1.29 is 27.9 Å². The largest absolute Gasteiger partial charge is 0.481 e. The van der Waals surface area contributed by atoms with E-state index in [2.05, 4.69) is 5.32 Å². The third kappa shape index (κ3) is 4.77. The minimum atomic E-state index is -3.84. The van der Waals surface area contributed by atoms with Crippen molar-refractivity contribution in [2.75, 3.05) is 33.4 Å². The Kier molecular flexibility index (Phi) is 6.51. The first-order chi connectivity index (χ1) is 11.9. The van der Waals surface area contributed by atoms with Gasteiger partial charge in [0.2, 0.25) is 10.0 Å². The second-order valence-electron chi connectivity index (χ2n) is 5.82. The van der Waals surface area contributed by atoms with Crippen molar-refractivity contribution in [3.05, 3.63) is 29.8 Å². The molecule has 1 fully saturated rings. The fourth-order valence-electron chi connectivity index (χ4n) is 2.68. The van der Waals surface area contributed by atoms with Crippen LogP contribution in [0.1, 0.15) is 23.2 Å². The van der Waals surface area contributed by atoms with Gasteiger partial charge in [0.1, 0.15) is 0 Å². The number of aliphatic carboxylic acids is 1. The molecule has 2 N–H and O–H groups in total. The molecule has 1 unspecified atom stereocenters. The molecular weight excluding hydrogens is 348 g/mol. The SMILES string of the molecule is COCCNC(=O)c1cccc(S(=O)(=O)N2CCCC(C(=O)O)C2)c1. The molecule has 1 aromatic rings. The van der Waals surface area contributed by atoms with E-state index in [4.69, 9.17) is 9.84 Å². The van der Waals surface area contributed by atoms with Gasteiger partial charge in [-0.3, -0.25) is 9.59 Å². The van der Waals surface area contributed by atoms with Crippen LogP contribution in [0.2, 0.25) is 0 Å². The van der Waals surface area contributed by atoms with E-state index in [9.17, 15) is 18.0 Å². The van der Waals surface area contributed by atoms with Crippen molar-refractivity contribution in [1.82, 2.24) is 9.62 Å². The van der Waals surface area contributed by atoms with Gasteiger partial charge in [-0.15, -0.1) is 0 Å². The van der Waals surface area contributed by atoms with Crippen molar-refractivity contribution in [3.63, 3.8) is 0 Å². The summed E-state index contributed by atoms with van der Waals surface area (Å²) >= 11 is 0. The van der Waals surface area contributed by atoms with Gasteiger partial charge in [-0.1, -0.05) is 6.07 Å². The lowest BCUT2D eigenvalue weighted by Crippen LogP contribution is -2.42. The molecule has 8 nitrogen and oxygen atoms in total. The number of hydrogen-bond donors (Lipinski definition) is 2. The van der Waals surface area contributed by atoms with Crippen LogP contribution in [-0.2, 0) is 19.6 Å². The van der Waals surface area contributed by atoms with Crippen LogP contribution >= 0.6 is 0 Å². The summed E-state index contributed by atoms with van der Waals surface area (Å²) in [5.41, 5.74) is 0.226. The summed E-state index contributed by atoms with van der Waals surface area (Å²) in [7, 11) is -2.33. The van der Waals surface area contributed by atoms with E-state index in [1.54, 1.807) is 0 Å². The standard InChI is InChI=1S/C16H22N2O6S/c1-24-9-7-17-15(19)12-4-2-6-14(10-12)25(22,23)18-8-3-5-13(11-18)16(20)21/h2,4,6,10,13H,3,5,7-9,11H2,1H3,(H,17,19)(H,20,21). The number of sulfonamides is 1. The van der Waals surface area contributed by atoms with Crippen molar-refractivity contribution in [3.8, 4) is 0 Å². The number of amides is 1. The van der Waals surface area contributed by atoms with E-state index < -0.39 is 27.8 Å². The Morgan fingerprint density at radius 3 is 2.84 bits per heavy atom. The lowest BCUT2D eigenvalue weighted by molar-refractivity contribution is -0.142. The molecule has 0 bridgehead atoms. The normalized spacial score (nSPS) is 18.7. The Bertz CT molecular complexity index is 734. The summed E-state index contributed by atoms with van der Waals surface area (Å²) in [6.45, 7) is 0.894. The average molecular weight is 370 g/mol. The summed E-state index contributed by atoms with van der Waals surface area (Å²) in [5.74, 6) is -2.09. The molecule has 2 rings (SSSR count). The Balaban J connectivity index is 2.18. The second-order valence-corrected chi connectivity index (χ2v) is 7.75. The zero-order valence-electron chi connectivity index (χ0n) is 14.0. The lowest BCUT2D eigenvalue weighted by atomic mass is 10.0. The van der Waals surface area contributed by atoms with Crippen LogP contribution in [0.15, 0.2) is 29.2 Å². The Labute approximate surface area is 146 Å². The number of nitrogens with zero attached hydrogens (tertiary/aromatic N) is 1. The maximum Gasteiger partial charge on any atom is 0.307 e. The number of nitrogens with one attached hydrogen (secondary N) is 1.